The molecule has 0 atom stereocenters. The molecule has 0 aromatic heterocycles. The van der Waals surface area contributed by atoms with E-state index in [9.17, 15) is 22.8 Å². The Morgan fingerprint density at radius 2 is 1.68 bits per heavy atom. The third kappa shape index (κ3) is 4.89. The molecule has 0 spiro atoms. The lowest BCUT2D eigenvalue weighted by molar-refractivity contribution is -0.137. The van der Waals surface area contributed by atoms with Gasteiger partial charge in [-0.1, -0.05) is 18.2 Å². The van der Waals surface area contributed by atoms with Crippen LogP contribution in [0.15, 0.2) is 48.5 Å². The van der Waals surface area contributed by atoms with Crippen LogP contribution in [0.1, 0.15) is 28.8 Å². The van der Waals surface area contributed by atoms with Gasteiger partial charge in [0, 0.05) is 11.6 Å². The summed E-state index contributed by atoms with van der Waals surface area (Å²) in [4.78, 5) is 25.1. The van der Waals surface area contributed by atoms with Crippen LogP contribution in [0.4, 0.5) is 24.5 Å². The van der Waals surface area contributed by atoms with Gasteiger partial charge in [0.15, 0.2) is 0 Å². The van der Waals surface area contributed by atoms with Crippen molar-refractivity contribution in [1.29, 1.82) is 0 Å². The molecule has 1 saturated heterocycles. The Morgan fingerprint density at radius 1 is 0.964 bits per heavy atom. The van der Waals surface area contributed by atoms with Gasteiger partial charge in [0.05, 0.1) is 16.8 Å². The number of rotatable bonds is 4. The summed E-state index contributed by atoms with van der Waals surface area (Å²) >= 11 is 0. The highest BCUT2D eigenvalue weighted by Crippen LogP contribution is 2.31. The first-order valence-corrected chi connectivity index (χ1v) is 8.94. The molecule has 3 N–H and O–H groups in total. The van der Waals surface area contributed by atoms with E-state index in [1.807, 2.05) is 0 Å². The summed E-state index contributed by atoms with van der Waals surface area (Å²) in [5.74, 6) is -0.901. The summed E-state index contributed by atoms with van der Waals surface area (Å²) in [6, 6.07) is 10.8. The average molecular weight is 391 g/mol. The first-order chi connectivity index (χ1) is 13.3. The van der Waals surface area contributed by atoms with Gasteiger partial charge in [-0.25, -0.2) is 0 Å². The fraction of sp³-hybridized carbons (Fsp3) is 0.300. The summed E-state index contributed by atoms with van der Waals surface area (Å²) in [6.45, 7) is 1.52. The van der Waals surface area contributed by atoms with Crippen molar-refractivity contribution in [3.8, 4) is 0 Å². The van der Waals surface area contributed by atoms with E-state index in [1.165, 1.54) is 18.2 Å². The van der Waals surface area contributed by atoms with Gasteiger partial charge >= 0.3 is 6.18 Å². The van der Waals surface area contributed by atoms with Gasteiger partial charge in [-0.2, -0.15) is 13.2 Å². The molecule has 0 bridgehead atoms. The number of hydrogen-bond acceptors (Lipinski definition) is 3. The highest BCUT2D eigenvalue weighted by atomic mass is 19.4. The predicted molar refractivity (Wildman–Crippen MR) is 100 cm³/mol. The number of amides is 2. The van der Waals surface area contributed by atoms with Crippen LogP contribution in [0.2, 0.25) is 0 Å². The molecule has 1 aliphatic heterocycles. The second-order valence-corrected chi connectivity index (χ2v) is 6.59. The molecular formula is C20H20F3N3O2. The SMILES string of the molecule is O=C(Nc1cccc(C(F)(F)F)c1)c1ccccc1NC(=O)C1CCNCC1. The van der Waals surface area contributed by atoms with Crippen LogP contribution >= 0.6 is 0 Å². The fourth-order valence-electron chi connectivity index (χ4n) is 3.08. The maximum atomic E-state index is 12.8. The molecule has 3 rings (SSSR count). The Bertz CT molecular complexity index is 862. The van der Waals surface area contributed by atoms with E-state index in [1.54, 1.807) is 18.2 Å². The Hall–Kier alpha value is -2.87. The second-order valence-electron chi connectivity index (χ2n) is 6.59. The van der Waals surface area contributed by atoms with Crippen molar-refractivity contribution in [2.45, 2.75) is 19.0 Å². The Morgan fingerprint density at radius 3 is 2.39 bits per heavy atom. The van der Waals surface area contributed by atoms with E-state index in [0.717, 1.165) is 25.2 Å². The first kappa shape index (κ1) is 19.9. The Labute approximate surface area is 160 Å². The zero-order valence-corrected chi connectivity index (χ0v) is 15.0. The van der Waals surface area contributed by atoms with Crippen molar-refractivity contribution >= 4 is 23.2 Å². The first-order valence-electron chi connectivity index (χ1n) is 8.94. The number of halogens is 3. The molecule has 2 amide bonds. The lowest BCUT2D eigenvalue weighted by Crippen LogP contribution is -2.35. The molecule has 2 aromatic carbocycles. The lowest BCUT2D eigenvalue weighted by atomic mass is 9.97. The van der Waals surface area contributed by atoms with Gasteiger partial charge in [-0.3, -0.25) is 9.59 Å². The molecule has 1 heterocycles. The standard InChI is InChI=1S/C20H20F3N3O2/c21-20(22,23)14-4-3-5-15(12-14)25-19(28)16-6-1-2-7-17(16)26-18(27)13-8-10-24-11-9-13/h1-7,12-13,24H,8-11H2,(H,25,28)(H,26,27). The van der Waals surface area contributed by atoms with Gasteiger partial charge in [0.25, 0.3) is 5.91 Å². The Kier molecular flexibility index (Phi) is 5.99. The van der Waals surface area contributed by atoms with Gasteiger partial charge in [-0.05, 0) is 56.3 Å². The molecule has 0 unspecified atom stereocenters. The molecule has 5 nitrogen and oxygen atoms in total. The van der Waals surface area contributed by atoms with Crippen molar-refractivity contribution < 1.29 is 22.8 Å². The summed E-state index contributed by atoms with van der Waals surface area (Å²) < 4.78 is 38.5. The molecule has 0 aliphatic carbocycles. The Balaban J connectivity index is 1.75. The largest absolute Gasteiger partial charge is 0.416 e. The van der Waals surface area contributed by atoms with Crippen molar-refractivity contribution in [2.75, 3.05) is 23.7 Å². The topological polar surface area (TPSA) is 70.2 Å². The number of para-hydroxylation sites is 1. The monoisotopic (exact) mass is 391 g/mol. The maximum absolute atomic E-state index is 12.8. The van der Waals surface area contributed by atoms with Crippen LogP contribution < -0.4 is 16.0 Å². The predicted octanol–water partition coefficient (Wildman–Crippen LogP) is 3.90. The van der Waals surface area contributed by atoms with Crippen molar-refractivity contribution in [3.05, 3.63) is 59.7 Å². The minimum absolute atomic E-state index is 0.0271. The van der Waals surface area contributed by atoms with E-state index in [4.69, 9.17) is 0 Å². The number of hydrogen-bond donors (Lipinski definition) is 3. The lowest BCUT2D eigenvalue weighted by Gasteiger charge is -2.22. The number of carbonyl (C=O) groups is 2. The minimum Gasteiger partial charge on any atom is -0.325 e. The van der Waals surface area contributed by atoms with Crippen molar-refractivity contribution in [3.63, 3.8) is 0 Å². The van der Waals surface area contributed by atoms with Crippen LogP contribution in [-0.4, -0.2) is 24.9 Å². The number of carbonyl (C=O) groups excluding carboxylic acids is 2. The van der Waals surface area contributed by atoms with Crippen LogP contribution in [0.3, 0.4) is 0 Å². The molecule has 148 valence electrons. The third-order valence-electron chi connectivity index (χ3n) is 4.59. The zero-order valence-electron chi connectivity index (χ0n) is 15.0. The quantitative estimate of drug-likeness (QED) is 0.741. The van der Waals surface area contributed by atoms with E-state index in [2.05, 4.69) is 16.0 Å². The second kappa shape index (κ2) is 8.43. The van der Waals surface area contributed by atoms with Gasteiger partial charge < -0.3 is 16.0 Å². The highest BCUT2D eigenvalue weighted by molar-refractivity contribution is 6.10. The van der Waals surface area contributed by atoms with Crippen molar-refractivity contribution in [2.24, 2.45) is 5.92 Å². The molecule has 28 heavy (non-hydrogen) atoms. The third-order valence-corrected chi connectivity index (χ3v) is 4.59. The van der Waals surface area contributed by atoms with Crippen LogP contribution in [0.25, 0.3) is 0 Å². The van der Waals surface area contributed by atoms with E-state index >= 15 is 0 Å². The number of nitrogens with one attached hydrogen (secondary N) is 3. The fourth-order valence-corrected chi connectivity index (χ4v) is 3.08. The van der Waals surface area contributed by atoms with Crippen LogP contribution in [0, 0.1) is 5.92 Å². The average Bonchev–Trinajstić information content (AvgIpc) is 2.68. The molecule has 1 aliphatic rings. The molecule has 0 saturated carbocycles. The smallest absolute Gasteiger partial charge is 0.325 e. The summed E-state index contributed by atoms with van der Waals surface area (Å²) in [5.41, 5.74) is -0.310. The van der Waals surface area contributed by atoms with Gasteiger partial charge in [-0.15, -0.1) is 0 Å². The van der Waals surface area contributed by atoms with Gasteiger partial charge in [0.1, 0.15) is 0 Å². The summed E-state index contributed by atoms with van der Waals surface area (Å²) in [6.07, 6.45) is -3.07. The molecule has 1 fully saturated rings. The van der Waals surface area contributed by atoms with E-state index < -0.39 is 17.6 Å². The minimum atomic E-state index is -4.50. The molecule has 8 heteroatoms. The van der Waals surface area contributed by atoms with E-state index in [-0.39, 0.29) is 23.1 Å². The van der Waals surface area contributed by atoms with Crippen LogP contribution in [0.5, 0.6) is 0 Å². The molecule has 0 radical (unpaired) electrons. The maximum Gasteiger partial charge on any atom is 0.416 e. The number of anilines is 2. The number of piperidine rings is 1. The summed E-state index contributed by atoms with van der Waals surface area (Å²) in [7, 11) is 0. The van der Waals surface area contributed by atoms with Crippen LogP contribution in [-0.2, 0) is 11.0 Å². The summed E-state index contributed by atoms with van der Waals surface area (Å²) in [5, 5.41) is 8.42. The van der Waals surface area contributed by atoms with Crippen molar-refractivity contribution in [1.82, 2.24) is 5.32 Å². The van der Waals surface area contributed by atoms with Gasteiger partial charge in [0.2, 0.25) is 5.91 Å². The number of benzene rings is 2. The molecular weight excluding hydrogens is 371 g/mol. The number of alkyl halides is 3. The highest BCUT2D eigenvalue weighted by Gasteiger charge is 2.30. The normalized spacial score (nSPS) is 15.1. The zero-order chi connectivity index (χ0) is 20.1. The van der Waals surface area contributed by atoms with E-state index in [0.29, 0.717) is 18.5 Å². The molecule has 2 aromatic rings.